The number of pyridine rings is 1. The summed E-state index contributed by atoms with van der Waals surface area (Å²) in [5.41, 5.74) is 1.65. The first kappa shape index (κ1) is 14.6. The Hall–Kier alpha value is -1.42. The number of rotatable bonds is 5. The van der Waals surface area contributed by atoms with Gasteiger partial charge in [0.25, 0.3) is 5.91 Å². The number of amides is 1. The number of carbonyl (C=O) groups excluding carboxylic acids is 1. The molecule has 0 atom stereocenters. The Bertz CT molecular complexity index is 413. The van der Waals surface area contributed by atoms with Gasteiger partial charge in [0, 0.05) is 25.5 Å². The SMILES string of the molecule is Cc1ccncc1C(=O)NCC(C)(C)CN(C)C. The smallest absolute Gasteiger partial charge is 0.253 e. The van der Waals surface area contributed by atoms with Gasteiger partial charge in [0.1, 0.15) is 0 Å². The highest BCUT2D eigenvalue weighted by molar-refractivity contribution is 5.95. The molecular formula is C14H23N3O. The van der Waals surface area contributed by atoms with Crippen LogP contribution < -0.4 is 5.32 Å². The van der Waals surface area contributed by atoms with Crippen molar-refractivity contribution in [2.75, 3.05) is 27.2 Å². The molecule has 0 radical (unpaired) electrons. The van der Waals surface area contributed by atoms with E-state index in [-0.39, 0.29) is 11.3 Å². The summed E-state index contributed by atoms with van der Waals surface area (Å²) in [5.74, 6) is -0.0487. The van der Waals surface area contributed by atoms with Gasteiger partial charge in [0.05, 0.1) is 5.56 Å². The molecule has 1 aromatic rings. The lowest BCUT2D eigenvalue weighted by molar-refractivity contribution is 0.0928. The van der Waals surface area contributed by atoms with E-state index in [1.54, 1.807) is 12.4 Å². The molecule has 0 unspecified atom stereocenters. The van der Waals surface area contributed by atoms with Crippen LogP contribution in [0.3, 0.4) is 0 Å². The summed E-state index contributed by atoms with van der Waals surface area (Å²) in [6.07, 6.45) is 3.31. The highest BCUT2D eigenvalue weighted by Crippen LogP contribution is 2.14. The number of nitrogens with one attached hydrogen (secondary N) is 1. The predicted molar refractivity (Wildman–Crippen MR) is 73.6 cm³/mol. The van der Waals surface area contributed by atoms with Crippen molar-refractivity contribution in [2.24, 2.45) is 5.41 Å². The highest BCUT2D eigenvalue weighted by Gasteiger charge is 2.20. The fraction of sp³-hybridized carbons (Fsp3) is 0.571. The van der Waals surface area contributed by atoms with Crippen molar-refractivity contribution >= 4 is 5.91 Å². The van der Waals surface area contributed by atoms with Crippen molar-refractivity contribution in [3.63, 3.8) is 0 Å². The van der Waals surface area contributed by atoms with Gasteiger partial charge in [-0.25, -0.2) is 0 Å². The van der Waals surface area contributed by atoms with E-state index in [0.717, 1.165) is 12.1 Å². The van der Waals surface area contributed by atoms with Crippen LogP contribution in [0.4, 0.5) is 0 Å². The second-order valence-corrected chi connectivity index (χ2v) is 5.78. The minimum Gasteiger partial charge on any atom is -0.351 e. The van der Waals surface area contributed by atoms with Crippen molar-refractivity contribution in [1.82, 2.24) is 15.2 Å². The van der Waals surface area contributed by atoms with E-state index in [2.05, 4.69) is 29.0 Å². The van der Waals surface area contributed by atoms with E-state index in [9.17, 15) is 4.79 Å². The zero-order chi connectivity index (χ0) is 13.8. The van der Waals surface area contributed by atoms with Crippen molar-refractivity contribution in [1.29, 1.82) is 0 Å². The third kappa shape index (κ3) is 4.45. The fourth-order valence-electron chi connectivity index (χ4n) is 2.03. The number of nitrogens with zero attached hydrogens (tertiary/aromatic N) is 2. The number of hydrogen-bond acceptors (Lipinski definition) is 3. The molecule has 0 aliphatic heterocycles. The van der Waals surface area contributed by atoms with Gasteiger partial charge in [-0.05, 0) is 38.1 Å². The van der Waals surface area contributed by atoms with Crippen molar-refractivity contribution in [3.05, 3.63) is 29.6 Å². The van der Waals surface area contributed by atoms with Crippen LogP contribution in [0.2, 0.25) is 0 Å². The molecule has 0 saturated carbocycles. The predicted octanol–water partition coefficient (Wildman–Crippen LogP) is 1.71. The summed E-state index contributed by atoms with van der Waals surface area (Å²) in [6.45, 7) is 7.78. The first-order valence-electron chi connectivity index (χ1n) is 6.15. The number of carbonyl (C=O) groups is 1. The summed E-state index contributed by atoms with van der Waals surface area (Å²) in [6, 6.07) is 1.85. The molecule has 4 heteroatoms. The molecule has 1 amide bonds. The Labute approximate surface area is 109 Å². The molecule has 0 aliphatic rings. The van der Waals surface area contributed by atoms with Gasteiger partial charge in [0.15, 0.2) is 0 Å². The van der Waals surface area contributed by atoms with E-state index in [1.807, 2.05) is 27.1 Å². The second kappa shape index (κ2) is 5.96. The van der Waals surface area contributed by atoms with Gasteiger partial charge in [-0.15, -0.1) is 0 Å². The van der Waals surface area contributed by atoms with Crippen LogP contribution in [0, 0.1) is 12.3 Å². The maximum absolute atomic E-state index is 12.0. The largest absolute Gasteiger partial charge is 0.351 e. The monoisotopic (exact) mass is 249 g/mol. The van der Waals surface area contributed by atoms with Gasteiger partial charge in [-0.2, -0.15) is 0 Å². The van der Waals surface area contributed by atoms with Crippen LogP contribution in [0.15, 0.2) is 18.5 Å². The summed E-state index contributed by atoms with van der Waals surface area (Å²) in [4.78, 5) is 18.2. The van der Waals surface area contributed by atoms with Crippen LogP contribution in [0.25, 0.3) is 0 Å². The zero-order valence-electron chi connectivity index (χ0n) is 11.9. The van der Waals surface area contributed by atoms with E-state index in [0.29, 0.717) is 12.1 Å². The lowest BCUT2D eigenvalue weighted by atomic mass is 9.93. The maximum atomic E-state index is 12.0. The van der Waals surface area contributed by atoms with E-state index in [4.69, 9.17) is 0 Å². The Morgan fingerprint density at radius 3 is 2.67 bits per heavy atom. The third-order valence-corrected chi connectivity index (χ3v) is 2.76. The van der Waals surface area contributed by atoms with Crippen LogP contribution in [-0.4, -0.2) is 43.0 Å². The Balaban J connectivity index is 2.59. The minimum atomic E-state index is -0.0487. The number of hydrogen-bond donors (Lipinski definition) is 1. The lowest BCUT2D eigenvalue weighted by Crippen LogP contribution is -2.40. The molecule has 18 heavy (non-hydrogen) atoms. The molecule has 0 spiro atoms. The van der Waals surface area contributed by atoms with Gasteiger partial charge in [0.2, 0.25) is 0 Å². The molecule has 0 aromatic carbocycles. The first-order valence-corrected chi connectivity index (χ1v) is 6.15. The number of aryl methyl sites for hydroxylation is 1. The van der Waals surface area contributed by atoms with Crippen molar-refractivity contribution in [3.8, 4) is 0 Å². The fourth-order valence-corrected chi connectivity index (χ4v) is 2.03. The van der Waals surface area contributed by atoms with E-state index >= 15 is 0 Å². The van der Waals surface area contributed by atoms with Crippen LogP contribution in [0.1, 0.15) is 29.8 Å². The average molecular weight is 249 g/mol. The summed E-state index contributed by atoms with van der Waals surface area (Å²) in [7, 11) is 4.07. The second-order valence-electron chi connectivity index (χ2n) is 5.78. The van der Waals surface area contributed by atoms with Gasteiger partial charge >= 0.3 is 0 Å². The van der Waals surface area contributed by atoms with Crippen molar-refractivity contribution < 1.29 is 4.79 Å². The Morgan fingerprint density at radius 1 is 1.44 bits per heavy atom. The van der Waals surface area contributed by atoms with Gasteiger partial charge in [-0.3, -0.25) is 9.78 Å². The third-order valence-electron chi connectivity index (χ3n) is 2.76. The molecule has 0 bridgehead atoms. The topological polar surface area (TPSA) is 45.2 Å². The van der Waals surface area contributed by atoms with Crippen LogP contribution in [-0.2, 0) is 0 Å². The normalized spacial score (nSPS) is 11.7. The van der Waals surface area contributed by atoms with Gasteiger partial charge < -0.3 is 10.2 Å². The first-order chi connectivity index (χ1) is 8.32. The quantitative estimate of drug-likeness (QED) is 0.864. The Morgan fingerprint density at radius 2 is 2.11 bits per heavy atom. The van der Waals surface area contributed by atoms with E-state index < -0.39 is 0 Å². The molecule has 100 valence electrons. The molecule has 1 N–H and O–H groups in total. The molecule has 0 aliphatic carbocycles. The summed E-state index contributed by atoms with van der Waals surface area (Å²) < 4.78 is 0. The average Bonchev–Trinajstić information content (AvgIpc) is 2.25. The van der Waals surface area contributed by atoms with Crippen LogP contribution in [0.5, 0.6) is 0 Å². The molecule has 1 rings (SSSR count). The molecule has 0 saturated heterocycles. The summed E-state index contributed by atoms with van der Waals surface area (Å²) in [5, 5.41) is 2.98. The summed E-state index contributed by atoms with van der Waals surface area (Å²) >= 11 is 0. The lowest BCUT2D eigenvalue weighted by Gasteiger charge is -2.28. The van der Waals surface area contributed by atoms with E-state index in [1.165, 1.54) is 0 Å². The van der Waals surface area contributed by atoms with Gasteiger partial charge in [-0.1, -0.05) is 13.8 Å². The highest BCUT2D eigenvalue weighted by atomic mass is 16.1. The standard InChI is InChI=1S/C14H23N3O/c1-11-6-7-15-8-12(11)13(18)16-9-14(2,3)10-17(4)5/h6-8H,9-10H2,1-5H3,(H,16,18). The number of aromatic nitrogens is 1. The molecule has 4 nitrogen and oxygen atoms in total. The zero-order valence-corrected chi connectivity index (χ0v) is 11.9. The molecular weight excluding hydrogens is 226 g/mol. The van der Waals surface area contributed by atoms with Crippen LogP contribution >= 0.6 is 0 Å². The van der Waals surface area contributed by atoms with Crippen molar-refractivity contribution in [2.45, 2.75) is 20.8 Å². The maximum Gasteiger partial charge on any atom is 0.253 e. The Kier molecular flexibility index (Phi) is 4.84. The minimum absolute atomic E-state index is 0.0487. The molecule has 0 fully saturated rings. The molecule has 1 heterocycles. The molecule has 1 aromatic heterocycles.